The molecule has 0 fully saturated rings. The molecule has 1 N–H and O–H groups in total. The van der Waals surface area contributed by atoms with Crippen molar-refractivity contribution in [2.45, 2.75) is 45.9 Å². The Labute approximate surface area is 873 Å². The summed E-state index contributed by atoms with van der Waals surface area (Å²) in [6.45, 7) is 5.38. The lowest BCUT2D eigenvalue weighted by Gasteiger charge is -2.40. The molecule has 0 radical (unpaired) electrons. The SMILES string of the molecule is CC#CC#CC#CC#CC#CC#CC#CC#CC#CC#CC#CC#CC#CC#CC#CC#CC#CC#CC#CC#CC#CC#CC#CC#CC#CC#CC#CC#CC#CC#CC#CC#CC#CC#CC#CC#CC#CC#CC#CC#CC#CC#CC#CC#CC#CC#CC#CC#CC#CC#CC#CC#CC#CC#CC#CC#CC#CC.COc1cc2c(cc1OCc1ccc(F)c(F)c1)CCN1Cc3[nH]c4ccccc4c3CC21. The molecule has 1 unspecified atom stereocenters. The van der Waals surface area contributed by atoms with Gasteiger partial charge in [0.25, 0.3) is 0 Å². The normalized spacial score (nSPS) is 6.95. The molecule has 0 amide bonds. The Balaban J connectivity index is 0.000000972. The zero-order valence-electron chi connectivity index (χ0n) is 77.3. The average Bonchev–Trinajstić information content (AvgIpc) is 1.63. The molecule has 0 saturated carbocycles. The molecular formula is C143H30F2N2O2. The van der Waals surface area contributed by atoms with Crippen LogP contribution in [0, 0.1) is 687 Å². The largest absolute Gasteiger partial charge is 0.493 e. The van der Waals surface area contributed by atoms with Gasteiger partial charge in [-0.2, -0.15) is 0 Å². The zero-order valence-corrected chi connectivity index (χ0v) is 77.3. The van der Waals surface area contributed by atoms with E-state index in [1.54, 1.807) is 21.0 Å². The first-order chi connectivity index (χ1) is 74.0. The van der Waals surface area contributed by atoms with E-state index in [4.69, 9.17) is 9.47 Å². The monoisotopic (exact) mass is 1840 g/mol. The predicted molar refractivity (Wildman–Crippen MR) is 577 cm³/mol. The molecule has 2 aliphatic heterocycles. The second-order valence-corrected chi connectivity index (χ2v) is 23.3. The van der Waals surface area contributed by atoms with Crippen molar-refractivity contribution in [2.75, 3.05) is 13.7 Å². The highest BCUT2D eigenvalue weighted by atomic mass is 19.2. The Bertz CT molecular complexity index is 9900. The van der Waals surface area contributed by atoms with Crippen molar-refractivity contribution in [1.82, 2.24) is 9.88 Å². The van der Waals surface area contributed by atoms with Crippen molar-refractivity contribution < 1.29 is 18.3 Å². The van der Waals surface area contributed by atoms with Gasteiger partial charge in [-0.05, 0) is 174 Å². The third kappa shape index (κ3) is 61.0. The molecule has 3 aromatic carbocycles. The van der Waals surface area contributed by atoms with E-state index in [1.165, 1.54) is 45.4 Å². The molecule has 4 aromatic rings. The van der Waals surface area contributed by atoms with E-state index in [0.29, 0.717) is 17.1 Å². The van der Waals surface area contributed by atoms with Crippen molar-refractivity contribution >= 4 is 10.9 Å². The highest BCUT2D eigenvalue weighted by molar-refractivity contribution is 5.85. The molecule has 1 aromatic heterocycles. The van der Waals surface area contributed by atoms with Crippen molar-refractivity contribution in [3.63, 3.8) is 0 Å². The number of nitrogens with zero attached hydrogens (tertiary/aromatic N) is 1. The van der Waals surface area contributed by atoms with E-state index in [2.05, 4.69) is 721 Å². The molecule has 6 heteroatoms. The van der Waals surface area contributed by atoms with Gasteiger partial charge >= 0.3 is 0 Å². The van der Waals surface area contributed by atoms with Crippen molar-refractivity contribution in [2.24, 2.45) is 0 Å². The van der Waals surface area contributed by atoms with Gasteiger partial charge in [-0.1, -0.05) is 36.1 Å². The van der Waals surface area contributed by atoms with Gasteiger partial charge in [0, 0.05) is 604 Å². The third-order valence-electron chi connectivity index (χ3n) is 14.1. The van der Waals surface area contributed by atoms with Crippen LogP contribution in [0.4, 0.5) is 8.78 Å². The molecule has 149 heavy (non-hydrogen) atoms. The van der Waals surface area contributed by atoms with E-state index in [0.717, 1.165) is 32.0 Å². The van der Waals surface area contributed by atoms with Gasteiger partial charge in [0.05, 0.1) is 7.11 Å². The molecule has 0 spiro atoms. The lowest BCUT2D eigenvalue weighted by Crippen LogP contribution is -2.39. The topological polar surface area (TPSA) is 37.5 Å². The number of aromatic amines is 1. The molecule has 0 aliphatic carbocycles. The summed E-state index contributed by atoms with van der Waals surface area (Å²) in [6.07, 6.45) is 1.87. The fraction of sp³-hybridized carbons (Fsp3) is 0.0629. The highest BCUT2D eigenvalue weighted by Gasteiger charge is 2.35. The van der Waals surface area contributed by atoms with Gasteiger partial charge in [-0.3, -0.25) is 4.90 Å². The van der Waals surface area contributed by atoms with Crippen LogP contribution in [-0.4, -0.2) is 23.5 Å². The summed E-state index contributed by atoms with van der Waals surface area (Å²) in [5, 5.41) is 1.30. The maximum Gasteiger partial charge on any atom is 0.161 e. The minimum Gasteiger partial charge on any atom is -0.493 e. The Morgan fingerprint density at radius 3 is 0.678 bits per heavy atom. The summed E-state index contributed by atoms with van der Waals surface area (Å²) in [7, 11) is 1.63. The quantitative estimate of drug-likeness (QED) is 0.226. The number of aromatic nitrogens is 1. The van der Waals surface area contributed by atoms with Crippen LogP contribution in [0.5, 0.6) is 11.5 Å². The van der Waals surface area contributed by atoms with E-state index in [9.17, 15) is 8.78 Å². The second-order valence-electron chi connectivity index (χ2n) is 23.3. The number of nitrogens with one attached hydrogen (secondary N) is 1. The summed E-state index contributed by atoms with van der Waals surface area (Å²) < 4.78 is 38.4. The molecule has 3 heterocycles. The van der Waals surface area contributed by atoms with Crippen LogP contribution in [0.15, 0.2) is 54.6 Å². The Morgan fingerprint density at radius 2 is 0.470 bits per heavy atom. The van der Waals surface area contributed by atoms with E-state index in [-0.39, 0.29) is 12.6 Å². The standard InChI is InChI=1S/C116H6.C27H24F2N2O2/c1-3-5-7-9-11-13-15-17-19-21-23-25-27-29-31-33-35-37-39-41-43-45-47-49-51-53-55-57-59-61-63-65-67-69-71-73-75-77-79-81-83-85-87-89-91-93-95-97-99-101-103-105-107-109-111-113-115-116-114-112-110-108-106-104-102-100-98-96-94-92-90-88-86-84-82-80-78-76-74-72-70-68-66-64-62-60-58-56-54-52-50-48-46-44-42-40-38-36-34-32-30-28-26-24-22-20-18-16-14-12-10-8-6-4-2;1-32-26-13-19-17(11-27(26)33-15-16-6-7-21(28)22(29)10-16)8-9-31-14-24-20(12-25(19)31)18-4-2-3-5-23(18)30-24/h1-2H3;2-7,10-11,13,25,30H,8-9,12,14-15H2,1H3. The molecule has 4 nitrogen and oxygen atoms in total. The molecule has 0 saturated heterocycles. The van der Waals surface area contributed by atoms with Crippen molar-refractivity contribution in [3.05, 3.63) is 94.2 Å². The van der Waals surface area contributed by atoms with Gasteiger partial charge in [0.15, 0.2) is 23.1 Å². The number of hydrogen-bond acceptors (Lipinski definition) is 3. The second kappa shape index (κ2) is 83.8. The number of ether oxygens (including phenoxy) is 2. The molecular weight excluding hydrogens is 1820 g/mol. The maximum absolute atomic E-state index is 13.6. The fourth-order valence-electron chi connectivity index (χ4n) is 8.84. The van der Waals surface area contributed by atoms with Gasteiger partial charge in [0.1, 0.15) is 6.61 Å². The maximum atomic E-state index is 13.6. The molecule has 1 atom stereocenters. The number of fused-ring (bicyclic) bond motifs is 6. The van der Waals surface area contributed by atoms with Crippen molar-refractivity contribution in [1.29, 1.82) is 0 Å². The van der Waals surface area contributed by atoms with Gasteiger partial charge in [-0.25, -0.2) is 8.78 Å². The number of H-pyrrole nitrogens is 1. The predicted octanol–water partition coefficient (Wildman–Crippen LogP) is 6.91. The Hall–Kier alpha value is -28.5. The number of methoxy groups -OCH3 is 1. The van der Waals surface area contributed by atoms with Gasteiger partial charge < -0.3 is 14.5 Å². The lowest BCUT2D eigenvalue weighted by molar-refractivity contribution is 0.158. The van der Waals surface area contributed by atoms with E-state index < -0.39 is 11.6 Å². The van der Waals surface area contributed by atoms with Crippen LogP contribution in [0.3, 0.4) is 0 Å². The van der Waals surface area contributed by atoms with Crippen LogP contribution < -0.4 is 9.47 Å². The van der Waals surface area contributed by atoms with Crippen LogP contribution in [0.2, 0.25) is 0 Å². The summed E-state index contributed by atoms with van der Waals surface area (Å²) in [4.78, 5) is 6.14. The zero-order chi connectivity index (χ0) is 105. The number of halogens is 2. The smallest absolute Gasteiger partial charge is 0.161 e. The van der Waals surface area contributed by atoms with Gasteiger partial charge in [-0.15, -0.1) is 0 Å². The Morgan fingerprint density at radius 1 is 0.255 bits per heavy atom. The Kier molecular flexibility index (Phi) is 62.5. The summed E-state index contributed by atoms with van der Waals surface area (Å²) in [5.41, 5.74) is 7.00. The minimum absolute atomic E-state index is 0.139. The molecule has 2 aliphatic rings. The molecule has 6 rings (SSSR count). The summed E-state index contributed by atoms with van der Waals surface area (Å²) in [5.74, 6) is 285. The number of benzene rings is 3. The number of hydrogen-bond donors (Lipinski definition) is 1. The first-order valence-electron chi connectivity index (χ1n) is 40.5. The lowest BCUT2D eigenvalue weighted by atomic mass is 9.85. The molecule has 638 valence electrons. The van der Waals surface area contributed by atoms with Crippen LogP contribution in [0.1, 0.15) is 47.8 Å². The van der Waals surface area contributed by atoms with Gasteiger partial charge in [0.2, 0.25) is 0 Å². The first kappa shape index (κ1) is 111. The number of rotatable bonds is 4. The molecule has 0 bridgehead atoms. The van der Waals surface area contributed by atoms with Crippen LogP contribution >= 0.6 is 0 Å². The van der Waals surface area contributed by atoms with E-state index >= 15 is 0 Å². The summed E-state index contributed by atoms with van der Waals surface area (Å²) in [6, 6.07) is 16.7. The van der Waals surface area contributed by atoms with Crippen molar-refractivity contribution in [3.8, 4) is 686 Å². The average molecular weight is 1850 g/mol. The third-order valence-corrected chi connectivity index (χ3v) is 14.1. The highest BCUT2D eigenvalue weighted by Crippen LogP contribution is 2.44. The number of para-hydroxylation sites is 1. The van der Waals surface area contributed by atoms with E-state index in [1.807, 2.05) is 0 Å². The summed E-state index contributed by atoms with van der Waals surface area (Å²) >= 11 is 0. The fourth-order valence-corrected chi connectivity index (χ4v) is 8.84. The van der Waals surface area contributed by atoms with Crippen LogP contribution in [0.25, 0.3) is 10.9 Å². The van der Waals surface area contributed by atoms with Crippen LogP contribution in [-0.2, 0) is 26.0 Å². The first-order valence-corrected chi connectivity index (χ1v) is 40.5. The minimum atomic E-state index is -0.873.